The van der Waals surface area contributed by atoms with E-state index in [0.29, 0.717) is 6.61 Å². The van der Waals surface area contributed by atoms with Gasteiger partial charge in [0.2, 0.25) is 0 Å². The predicted octanol–water partition coefficient (Wildman–Crippen LogP) is 1.46. The molecule has 2 rings (SSSR count). The summed E-state index contributed by atoms with van der Waals surface area (Å²) in [4.78, 5) is 0. The Morgan fingerprint density at radius 3 is 3.21 bits per heavy atom. The lowest BCUT2D eigenvalue weighted by Gasteiger charge is -2.14. The maximum absolute atomic E-state index is 9.22. The van der Waals surface area contributed by atoms with Crippen molar-refractivity contribution in [2.45, 2.75) is 6.04 Å². The second kappa shape index (κ2) is 4.29. The Balaban J connectivity index is 2.40. The van der Waals surface area contributed by atoms with Gasteiger partial charge >= 0.3 is 0 Å². The normalized spacial score (nSPS) is 20.9. The van der Waals surface area contributed by atoms with Gasteiger partial charge in [0, 0.05) is 16.6 Å². The van der Waals surface area contributed by atoms with E-state index in [1.54, 1.807) is 0 Å². The van der Waals surface area contributed by atoms with Crippen LogP contribution in [-0.4, -0.2) is 24.9 Å². The highest BCUT2D eigenvalue weighted by Gasteiger charge is 2.18. The third-order valence-corrected chi connectivity index (χ3v) is 2.77. The Hall–Kier alpha value is -0.580. The fourth-order valence-corrected chi connectivity index (χ4v) is 1.97. The fourth-order valence-electron chi connectivity index (χ4n) is 1.59. The third kappa shape index (κ3) is 1.92. The molecule has 0 amide bonds. The number of aliphatic hydroxyl groups is 1. The van der Waals surface area contributed by atoms with Crippen LogP contribution in [0.15, 0.2) is 22.7 Å². The number of hydrogen-bond donors (Lipinski definition) is 2. The van der Waals surface area contributed by atoms with Crippen LogP contribution in [0.1, 0.15) is 11.6 Å². The van der Waals surface area contributed by atoms with Gasteiger partial charge in [-0.3, -0.25) is 0 Å². The zero-order chi connectivity index (χ0) is 9.97. The fraction of sp³-hybridized carbons (Fsp3) is 0.400. The van der Waals surface area contributed by atoms with Gasteiger partial charge in [0.15, 0.2) is 0 Å². The molecule has 0 fully saturated rings. The van der Waals surface area contributed by atoms with Crippen molar-refractivity contribution in [2.75, 3.05) is 19.8 Å². The third-order valence-electron chi connectivity index (χ3n) is 2.28. The molecule has 0 radical (unpaired) electrons. The molecular weight excluding hydrogens is 246 g/mol. The van der Waals surface area contributed by atoms with Gasteiger partial charge in [-0.25, -0.2) is 0 Å². The van der Waals surface area contributed by atoms with Crippen LogP contribution in [0.2, 0.25) is 0 Å². The monoisotopic (exact) mass is 257 g/mol. The SMILES string of the molecule is OCC1NCCOc2ccc(Br)cc21. The topological polar surface area (TPSA) is 41.5 Å². The largest absolute Gasteiger partial charge is 0.492 e. The zero-order valence-electron chi connectivity index (χ0n) is 7.66. The van der Waals surface area contributed by atoms with Gasteiger partial charge in [-0.05, 0) is 18.2 Å². The predicted molar refractivity (Wildman–Crippen MR) is 57.5 cm³/mol. The molecule has 2 N–H and O–H groups in total. The molecule has 1 aliphatic rings. The molecule has 76 valence electrons. The molecule has 3 nitrogen and oxygen atoms in total. The summed E-state index contributed by atoms with van der Waals surface area (Å²) in [6, 6.07) is 5.83. The van der Waals surface area contributed by atoms with Crippen LogP contribution in [0, 0.1) is 0 Å². The van der Waals surface area contributed by atoms with E-state index in [4.69, 9.17) is 4.74 Å². The lowest BCUT2D eigenvalue weighted by atomic mass is 10.1. The summed E-state index contributed by atoms with van der Waals surface area (Å²) in [6.07, 6.45) is 0. The van der Waals surface area contributed by atoms with Crippen molar-refractivity contribution < 1.29 is 9.84 Å². The van der Waals surface area contributed by atoms with E-state index in [0.717, 1.165) is 22.3 Å². The van der Waals surface area contributed by atoms with E-state index < -0.39 is 0 Å². The van der Waals surface area contributed by atoms with E-state index in [2.05, 4.69) is 21.2 Å². The van der Waals surface area contributed by atoms with Crippen LogP contribution in [0.3, 0.4) is 0 Å². The molecule has 0 spiro atoms. The molecule has 0 bridgehead atoms. The molecule has 0 aliphatic carbocycles. The highest BCUT2D eigenvalue weighted by molar-refractivity contribution is 9.10. The van der Waals surface area contributed by atoms with Crippen molar-refractivity contribution in [1.82, 2.24) is 5.32 Å². The smallest absolute Gasteiger partial charge is 0.124 e. The molecular formula is C10H12BrNO2. The number of rotatable bonds is 1. The maximum Gasteiger partial charge on any atom is 0.124 e. The van der Waals surface area contributed by atoms with Gasteiger partial charge in [-0.15, -0.1) is 0 Å². The molecule has 1 atom stereocenters. The van der Waals surface area contributed by atoms with Crippen molar-refractivity contribution in [3.63, 3.8) is 0 Å². The van der Waals surface area contributed by atoms with E-state index >= 15 is 0 Å². The summed E-state index contributed by atoms with van der Waals surface area (Å²) in [5.41, 5.74) is 1.01. The Morgan fingerprint density at radius 2 is 2.43 bits per heavy atom. The molecule has 1 aromatic rings. The van der Waals surface area contributed by atoms with Gasteiger partial charge < -0.3 is 15.2 Å². The molecule has 1 unspecified atom stereocenters. The van der Waals surface area contributed by atoms with Gasteiger partial charge in [0.05, 0.1) is 12.6 Å². The number of halogens is 1. The first-order valence-corrected chi connectivity index (χ1v) is 5.37. The molecule has 0 saturated carbocycles. The maximum atomic E-state index is 9.22. The van der Waals surface area contributed by atoms with Crippen molar-refractivity contribution in [1.29, 1.82) is 0 Å². The first kappa shape index (κ1) is 9.96. The lowest BCUT2D eigenvalue weighted by Crippen LogP contribution is -2.25. The summed E-state index contributed by atoms with van der Waals surface area (Å²) >= 11 is 3.41. The Kier molecular flexibility index (Phi) is 3.05. The van der Waals surface area contributed by atoms with Crippen molar-refractivity contribution in [3.8, 4) is 5.75 Å². The minimum absolute atomic E-state index is 0.0231. The average Bonchev–Trinajstić information content (AvgIpc) is 2.39. The van der Waals surface area contributed by atoms with E-state index in [1.807, 2.05) is 18.2 Å². The first-order chi connectivity index (χ1) is 6.81. The quantitative estimate of drug-likeness (QED) is 0.801. The summed E-state index contributed by atoms with van der Waals surface area (Å²) in [6.45, 7) is 1.50. The van der Waals surface area contributed by atoms with Gasteiger partial charge in [0.25, 0.3) is 0 Å². The number of fused-ring (bicyclic) bond motifs is 1. The van der Waals surface area contributed by atoms with Gasteiger partial charge in [-0.1, -0.05) is 15.9 Å². The molecule has 1 aliphatic heterocycles. The molecule has 1 aromatic carbocycles. The summed E-state index contributed by atoms with van der Waals surface area (Å²) < 4.78 is 6.54. The molecule has 0 saturated heterocycles. The van der Waals surface area contributed by atoms with E-state index in [9.17, 15) is 5.11 Å². The van der Waals surface area contributed by atoms with Crippen LogP contribution in [0.4, 0.5) is 0 Å². The van der Waals surface area contributed by atoms with E-state index in [-0.39, 0.29) is 12.6 Å². The van der Waals surface area contributed by atoms with Gasteiger partial charge in [0.1, 0.15) is 12.4 Å². The van der Waals surface area contributed by atoms with Crippen LogP contribution in [-0.2, 0) is 0 Å². The number of aliphatic hydroxyl groups excluding tert-OH is 1. The first-order valence-electron chi connectivity index (χ1n) is 4.58. The number of nitrogens with one attached hydrogen (secondary N) is 1. The average molecular weight is 258 g/mol. The summed E-state index contributed by atoms with van der Waals surface area (Å²) in [5, 5.41) is 12.4. The Bertz CT molecular complexity index is 330. The number of ether oxygens (including phenoxy) is 1. The molecule has 4 heteroatoms. The highest BCUT2D eigenvalue weighted by atomic mass is 79.9. The minimum atomic E-state index is -0.0231. The van der Waals surface area contributed by atoms with E-state index in [1.165, 1.54) is 0 Å². The van der Waals surface area contributed by atoms with Crippen LogP contribution in [0.5, 0.6) is 5.75 Å². The second-order valence-corrected chi connectivity index (χ2v) is 4.14. The Labute approximate surface area is 91.2 Å². The second-order valence-electron chi connectivity index (χ2n) is 3.22. The highest BCUT2D eigenvalue weighted by Crippen LogP contribution is 2.29. The molecule has 0 aromatic heterocycles. The van der Waals surface area contributed by atoms with Crippen LogP contribution < -0.4 is 10.1 Å². The number of benzene rings is 1. The van der Waals surface area contributed by atoms with Crippen LogP contribution in [0.25, 0.3) is 0 Å². The molecule has 1 heterocycles. The number of hydrogen-bond acceptors (Lipinski definition) is 3. The van der Waals surface area contributed by atoms with Crippen molar-refractivity contribution in [2.24, 2.45) is 0 Å². The lowest BCUT2D eigenvalue weighted by molar-refractivity contribution is 0.245. The minimum Gasteiger partial charge on any atom is -0.492 e. The standard InChI is InChI=1S/C10H12BrNO2/c11-7-1-2-10-8(5-7)9(6-13)12-3-4-14-10/h1-2,5,9,12-13H,3-4,6H2. The van der Waals surface area contributed by atoms with Crippen molar-refractivity contribution >= 4 is 15.9 Å². The summed E-state index contributed by atoms with van der Waals surface area (Å²) in [7, 11) is 0. The van der Waals surface area contributed by atoms with Crippen molar-refractivity contribution in [3.05, 3.63) is 28.2 Å². The Morgan fingerprint density at radius 1 is 1.57 bits per heavy atom. The van der Waals surface area contributed by atoms with Gasteiger partial charge in [-0.2, -0.15) is 0 Å². The zero-order valence-corrected chi connectivity index (χ0v) is 9.25. The molecule has 14 heavy (non-hydrogen) atoms. The summed E-state index contributed by atoms with van der Waals surface area (Å²) in [5.74, 6) is 0.859. The van der Waals surface area contributed by atoms with Crippen LogP contribution >= 0.6 is 15.9 Å².